The highest BCUT2D eigenvalue weighted by Crippen LogP contribution is 2.68. The molecule has 1 aromatic heterocycles. The zero-order chi connectivity index (χ0) is 40.3. The number of H-pyrrole nitrogens is 1. The lowest BCUT2D eigenvalue weighted by Gasteiger charge is -2.63. The molecule has 6 aliphatic rings. The Morgan fingerprint density at radius 2 is 1.72 bits per heavy atom. The van der Waals surface area contributed by atoms with Gasteiger partial charge >= 0.3 is 11.9 Å². The number of likely N-dealkylation sites (N-methyl/N-ethyl adjacent to an activating group) is 1. The molecule has 12 heteroatoms. The Morgan fingerprint density at radius 1 is 0.947 bits per heavy atom. The van der Waals surface area contributed by atoms with E-state index in [1.165, 1.54) is 14.2 Å². The lowest BCUT2D eigenvalue weighted by molar-refractivity contribution is -0.225. The largest absolute Gasteiger partial charge is 0.496 e. The van der Waals surface area contributed by atoms with E-state index in [4.69, 9.17) is 18.9 Å². The van der Waals surface area contributed by atoms with E-state index in [1.807, 2.05) is 37.1 Å². The second kappa shape index (κ2) is 13.3. The van der Waals surface area contributed by atoms with Crippen molar-refractivity contribution in [3.05, 3.63) is 70.9 Å². The number of piperidine rings is 1. The van der Waals surface area contributed by atoms with Crippen molar-refractivity contribution in [2.45, 2.75) is 92.6 Å². The van der Waals surface area contributed by atoms with Crippen molar-refractivity contribution in [3.8, 4) is 5.75 Å². The van der Waals surface area contributed by atoms with Crippen LogP contribution >= 0.6 is 0 Å². The number of ether oxygens (including phenoxy) is 4. The molecule has 57 heavy (non-hydrogen) atoms. The molecule has 0 amide bonds. The van der Waals surface area contributed by atoms with E-state index >= 15 is 4.79 Å². The number of para-hydroxylation sites is 1. The summed E-state index contributed by atoms with van der Waals surface area (Å²) in [5.74, 6) is -0.692. The molecule has 10 atom stereocenters. The van der Waals surface area contributed by atoms with Gasteiger partial charge in [-0.05, 0) is 74.2 Å². The van der Waals surface area contributed by atoms with Crippen molar-refractivity contribution < 1.29 is 38.7 Å². The van der Waals surface area contributed by atoms with Crippen LogP contribution in [0.5, 0.6) is 5.75 Å². The molecule has 6 heterocycles. The summed E-state index contributed by atoms with van der Waals surface area (Å²) in [6.07, 6.45) is 6.88. The molecule has 2 saturated heterocycles. The molecule has 10 unspecified atom stereocenters. The third-order valence-electron chi connectivity index (χ3n) is 15.6. The van der Waals surface area contributed by atoms with Crippen LogP contribution in [0, 0.1) is 11.3 Å². The third-order valence-corrected chi connectivity index (χ3v) is 15.6. The number of hydrogen-bond donors (Lipinski definition) is 3. The standard InChI is InChI=1S/C45H58N4O8/c1-8-41(52)23-27-24-44(39(50)56-6,35-29(15-19-48(25-27)26-41)28-13-10-11-14-32(28)46-35)31-21-30-33(22-34(31)54-4)47(3)37-43(30)17-20-49-18-12-16-42(9-2,36(43)49)38(55-5)45(37,53)40(51)57-7/h10-14,16,21-22,27,36-38,46,52-53H,8-9,15,17-20,23-26H2,1-7H3. The first-order valence-corrected chi connectivity index (χ1v) is 20.7. The van der Waals surface area contributed by atoms with Crippen LogP contribution in [0.3, 0.4) is 0 Å². The minimum absolute atomic E-state index is 0.0635. The van der Waals surface area contributed by atoms with Gasteiger partial charge in [0.15, 0.2) is 0 Å². The average Bonchev–Trinajstić information content (AvgIpc) is 3.88. The van der Waals surface area contributed by atoms with Crippen molar-refractivity contribution in [2.75, 3.05) is 73.1 Å². The molecular weight excluding hydrogens is 725 g/mol. The highest BCUT2D eigenvalue weighted by atomic mass is 16.6. The summed E-state index contributed by atoms with van der Waals surface area (Å²) < 4.78 is 24.1. The first kappa shape index (κ1) is 38.6. The number of fused-ring (bicyclic) bond motifs is 6. The fraction of sp³-hybridized carbons (Fsp3) is 0.600. The summed E-state index contributed by atoms with van der Waals surface area (Å²) in [6, 6.07) is 11.5. The SMILES string of the molecule is CCC1(O)CC2CN(CCc3c([nH]c4ccccc34)C(C(=O)OC)(c3cc4c(cc3OC)N(C)C3C(O)(C(=O)OC)C(OC)C5(CC)C=CCN6CCC43C65)C2)C1. The third kappa shape index (κ3) is 4.85. The number of aliphatic hydroxyl groups is 2. The maximum Gasteiger partial charge on any atom is 0.342 e. The molecule has 3 N–H and O–H groups in total. The van der Waals surface area contributed by atoms with Gasteiger partial charge in [-0.25, -0.2) is 4.79 Å². The number of methoxy groups -OCH3 is 4. The van der Waals surface area contributed by atoms with Crippen LogP contribution in [-0.4, -0.2) is 135 Å². The molecule has 2 aromatic carbocycles. The van der Waals surface area contributed by atoms with Crippen molar-refractivity contribution in [1.29, 1.82) is 0 Å². The molecule has 1 spiro atoms. The summed E-state index contributed by atoms with van der Waals surface area (Å²) in [4.78, 5) is 40.2. The number of nitrogens with one attached hydrogen (secondary N) is 1. The molecule has 2 bridgehead atoms. The van der Waals surface area contributed by atoms with Gasteiger partial charge in [-0.15, -0.1) is 0 Å². The lowest BCUT2D eigenvalue weighted by atomic mass is 9.47. The van der Waals surface area contributed by atoms with Gasteiger partial charge in [0.2, 0.25) is 5.60 Å². The van der Waals surface area contributed by atoms with E-state index in [-0.39, 0.29) is 12.0 Å². The van der Waals surface area contributed by atoms with E-state index in [0.717, 1.165) is 59.6 Å². The fourth-order valence-electron chi connectivity index (χ4n) is 13.5. The van der Waals surface area contributed by atoms with Crippen LogP contribution in [-0.2, 0) is 41.1 Å². The summed E-state index contributed by atoms with van der Waals surface area (Å²) in [5.41, 5.74) is -0.635. The van der Waals surface area contributed by atoms with Gasteiger partial charge in [0, 0.05) is 91.1 Å². The van der Waals surface area contributed by atoms with E-state index in [1.54, 1.807) is 14.2 Å². The van der Waals surface area contributed by atoms with Crippen LogP contribution in [0.25, 0.3) is 10.9 Å². The smallest absolute Gasteiger partial charge is 0.342 e. The summed E-state index contributed by atoms with van der Waals surface area (Å²) in [6.45, 7) is 7.68. The van der Waals surface area contributed by atoms with E-state index in [0.29, 0.717) is 56.4 Å². The molecule has 1 aliphatic carbocycles. The fourth-order valence-corrected chi connectivity index (χ4v) is 13.5. The molecule has 306 valence electrons. The molecular formula is C45H58N4O8. The van der Waals surface area contributed by atoms with Crippen molar-refractivity contribution in [2.24, 2.45) is 11.3 Å². The average molecular weight is 783 g/mol. The minimum atomic E-state index is -2.06. The first-order valence-electron chi connectivity index (χ1n) is 20.7. The number of benzene rings is 2. The molecule has 3 fully saturated rings. The number of esters is 2. The Kier molecular flexibility index (Phi) is 8.99. The van der Waals surface area contributed by atoms with Gasteiger partial charge in [0.1, 0.15) is 17.3 Å². The summed E-state index contributed by atoms with van der Waals surface area (Å²) in [5, 5.41) is 26.2. The molecule has 3 aromatic rings. The molecule has 9 rings (SSSR count). The molecule has 1 saturated carbocycles. The predicted octanol–water partition coefficient (Wildman–Crippen LogP) is 4.07. The minimum Gasteiger partial charge on any atom is -0.496 e. The van der Waals surface area contributed by atoms with Gasteiger partial charge in [-0.2, -0.15) is 0 Å². The topological polar surface area (TPSA) is 137 Å². The van der Waals surface area contributed by atoms with Crippen molar-refractivity contribution >= 4 is 28.5 Å². The molecule has 12 nitrogen and oxygen atoms in total. The predicted molar refractivity (Wildman–Crippen MR) is 216 cm³/mol. The van der Waals surface area contributed by atoms with E-state index in [9.17, 15) is 15.0 Å². The number of carbonyl (C=O) groups is 2. The van der Waals surface area contributed by atoms with E-state index < -0.39 is 51.5 Å². The normalized spacial score (nSPS) is 38.0. The number of aromatic amines is 1. The maximum absolute atomic E-state index is 15.3. The first-order chi connectivity index (χ1) is 27.4. The van der Waals surface area contributed by atoms with Gasteiger partial charge in [0.05, 0.1) is 33.0 Å². The highest BCUT2D eigenvalue weighted by molar-refractivity contribution is 5.95. The van der Waals surface area contributed by atoms with E-state index in [2.05, 4.69) is 52.1 Å². The van der Waals surface area contributed by atoms with Crippen molar-refractivity contribution in [1.82, 2.24) is 14.8 Å². The Hall–Kier alpha value is -3.94. The summed E-state index contributed by atoms with van der Waals surface area (Å²) in [7, 11) is 7.93. The number of rotatable bonds is 7. The monoisotopic (exact) mass is 782 g/mol. The quantitative estimate of drug-likeness (QED) is 0.237. The van der Waals surface area contributed by atoms with Crippen LogP contribution in [0.4, 0.5) is 5.69 Å². The second-order valence-electron chi connectivity index (χ2n) is 17.8. The zero-order valence-corrected chi connectivity index (χ0v) is 34.4. The van der Waals surface area contributed by atoms with Gasteiger partial charge in [0.25, 0.3) is 0 Å². The zero-order valence-electron chi connectivity index (χ0n) is 34.4. The Morgan fingerprint density at radius 3 is 2.42 bits per heavy atom. The Balaban J connectivity index is 1.37. The number of aromatic nitrogens is 1. The maximum atomic E-state index is 15.3. The Labute approximate surface area is 335 Å². The highest BCUT2D eigenvalue weighted by Gasteiger charge is 2.79. The number of hydrogen-bond acceptors (Lipinski definition) is 11. The van der Waals surface area contributed by atoms with Crippen LogP contribution in [0.1, 0.15) is 68.3 Å². The number of anilines is 1. The summed E-state index contributed by atoms with van der Waals surface area (Å²) >= 11 is 0. The number of nitrogens with zero attached hydrogens (tertiary/aromatic N) is 3. The molecule has 0 radical (unpaired) electrons. The van der Waals surface area contributed by atoms with Gasteiger partial charge in [-0.3, -0.25) is 14.6 Å². The second-order valence-corrected chi connectivity index (χ2v) is 17.8. The number of carbonyl (C=O) groups excluding carboxylic acids is 2. The van der Waals surface area contributed by atoms with Gasteiger partial charge < -0.3 is 39.0 Å². The van der Waals surface area contributed by atoms with Crippen LogP contribution in [0.2, 0.25) is 0 Å². The van der Waals surface area contributed by atoms with Gasteiger partial charge in [-0.1, -0.05) is 44.2 Å². The Bertz CT molecular complexity index is 2150. The van der Waals surface area contributed by atoms with Crippen LogP contribution in [0.15, 0.2) is 48.6 Å². The van der Waals surface area contributed by atoms with Crippen molar-refractivity contribution in [3.63, 3.8) is 0 Å². The van der Waals surface area contributed by atoms with Crippen LogP contribution < -0.4 is 9.64 Å². The lowest BCUT2D eigenvalue weighted by Crippen LogP contribution is -2.81. The molecule has 5 aliphatic heterocycles.